The third-order valence-electron chi connectivity index (χ3n) is 5.20. The lowest BCUT2D eigenvalue weighted by Gasteiger charge is -2.27. The molecule has 0 aromatic heterocycles. The highest BCUT2D eigenvalue weighted by Crippen LogP contribution is 2.39. The van der Waals surface area contributed by atoms with Crippen molar-refractivity contribution in [3.8, 4) is 17.6 Å². The Kier molecular flexibility index (Phi) is 6.69. The highest BCUT2D eigenvalue weighted by atomic mass is 19.3. The first kappa shape index (κ1) is 22.1. The van der Waals surface area contributed by atoms with Gasteiger partial charge in [0.2, 0.25) is 0 Å². The van der Waals surface area contributed by atoms with Crippen molar-refractivity contribution >= 4 is 6.09 Å². The van der Waals surface area contributed by atoms with Crippen LogP contribution in [0.1, 0.15) is 57.9 Å². The Hall–Kier alpha value is -2.56. The Balaban J connectivity index is 1.78. The number of rotatable bonds is 7. The first-order valence-corrected chi connectivity index (χ1v) is 10.2. The molecule has 164 valence electrons. The monoisotopic (exact) mass is 422 g/mol. The van der Waals surface area contributed by atoms with Crippen LogP contribution in [0, 0.1) is 17.2 Å². The third-order valence-corrected chi connectivity index (χ3v) is 5.20. The van der Waals surface area contributed by atoms with Crippen LogP contribution < -0.4 is 9.47 Å². The lowest BCUT2D eigenvalue weighted by molar-refractivity contribution is -0.0515. The van der Waals surface area contributed by atoms with Crippen LogP contribution in [-0.4, -0.2) is 42.4 Å². The van der Waals surface area contributed by atoms with E-state index < -0.39 is 18.3 Å². The molecule has 1 aromatic carbocycles. The molecule has 2 aliphatic rings. The molecule has 0 N–H and O–H groups in total. The number of hydrogen-bond donors (Lipinski definition) is 0. The Bertz CT molecular complexity index is 799. The second kappa shape index (κ2) is 9.07. The molecule has 8 heteroatoms. The van der Waals surface area contributed by atoms with Crippen molar-refractivity contribution < 1.29 is 27.8 Å². The zero-order valence-corrected chi connectivity index (χ0v) is 17.6. The predicted molar refractivity (Wildman–Crippen MR) is 106 cm³/mol. The number of likely N-dealkylation sites (tertiary alicyclic amines) is 1. The molecular weight excluding hydrogens is 394 g/mol. The van der Waals surface area contributed by atoms with Gasteiger partial charge < -0.3 is 19.1 Å². The molecule has 1 aliphatic heterocycles. The van der Waals surface area contributed by atoms with Gasteiger partial charge in [0, 0.05) is 18.5 Å². The van der Waals surface area contributed by atoms with Gasteiger partial charge in [-0.15, -0.1) is 0 Å². The minimum Gasteiger partial charge on any atom is -0.489 e. The van der Waals surface area contributed by atoms with Gasteiger partial charge in [0.1, 0.15) is 5.60 Å². The van der Waals surface area contributed by atoms with Crippen LogP contribution in [0.2, 0.25) is 0 Å². The molecule has 1 aromatic rings. The van der Waals surface area contributed by atoms with Gasteiger partial charge in [0.25, 0.3) is 0 Å². The van der Waals surface area contributed by atoms with Crippen LogP contribution in [0.3, 0.4) is 0 Å². The van der Waals surface area contributed by atoms with Crippen molar-refractivity contribution in [1.29, 1.82) is 5.26 Å². The van der Waals surface area contributed by atoms with Crippen molar-refractivity contribution in [3.05, 3.63) is 23.8 Å². The maximum Gasteiger partial charge on any atom is 0.410 e. The molecule has 1 amide bonds. The second-order valence-electron chi connectivity index (χ2n) is 8.92. The van der Waals surface area contributed by atoms with E-state index >= 15 is 0 Å². The molecule has 3 rings (SSSR count). The Morgan fingerprint density at radius 1 is 1.30 bits per heavy atom. The standard InChI is InChI=1S/C22H28F2N2O4/c1-22(2,3)30-21(27)26-12-16(10-17(26)8-9-25)15-6-7-18(29-20(23)24)19(11-15)28-13-14-4-5-14/h6-7,11,14,16-17,20H,4-5,8,10,12-13H2,1-3H3. The van der Waals surface area contributed by atoms with Gasteiger partial charge in [-0.05, 0) is 63.6 Å². The molecule has 1 aliphatic carbocycles. The molecule has 0 radical (unpaired) electrons. The van der Waals surface area contributed by atoms with Crippen LogP contribution in [0.5, 0.6) is 11.5 Å². The molecule has 2 atom stereocenters. The maximum atomic E-state index is 12.8. The van der Waals surface area contributed by atoms with E-state index in [1.54, 1.807) is 37.8 Å². The summed E-state index contributed by atoms with van der Waals surface area (Å²) in [6.07, 6.45) is 2.49. The largest absolute Gasteiger partial charge is 0.489 e. The number of halogens is 2. The van der Waals surface area contributed by atoms with Crippen molar-refractivity contribution in [2.75, 3.05) is 13.2 Å². The van der Waals surface area contributed by atoms with Gasteiger partial charge in [-0.2, -0.15) is 14.0 Å². The smallest absolute Gasteiger partial charge is 0.410 e. The fourth-order valence-electron chi connectivity index (χ4n) is 3.58. The summed E-state index contributed by atoms with van der Waals surface area (Å²) in [4.78, 5) is 14.2. The van der Waals surface area contributed by atoms with Crippen molar-refractivity contribution in [2.45, 2.75) is 70.6 Å². The average Bonchev–Trinajstić information content (AvgIpc) is 3.37. The predicted octanol–water partition coefficient (Wildman–Crippen LogP) is 5.08. The van der Waals surface area contributed by atoms with Gasteiger partial charge in [0.15, 0.2) is 11.5 Å². The summed E-state index contributed by atoms with van der Waals surface area (Å²) in [5.41, 5.74) is 0.223. The molecule has 1 saturated heterocycles. The SMILES string of the molecule is CC(C)(C)OC(=O)N1CC(c2ccc(OC(F)F)c(OCC3CC3)c2)CC1CC#N. The number of amides is 1. The minimum atomic E-state index is -2.94. The van der Waals surface area contributed by atoms with E-state index in [4.69, 9.17) is 9.47 Å². The fourth-order valence-corrected chi connectivity index (χ4v) is 3.58. The van der Waals surface area contributed by atoms with Crippen LogP contribution in [0.25, 0.3) is 0 Å². The average molecular weight is 422 g/mol. The van der Waals surface area contributed by atoms with Crippen LogP contribution in [-0.2, 0) is 4.74 Å². The summed E-state index contributed by atoms with van der Waals surface area (Å²) in [6, 6.07) is 6.79. The second-order valence-corrected chi connectivity index (χ2v) is 8.92. The van der Waals surface area contributed by atoms with Gasteiger partial charge in [0.05, 0.1) is 19.1 Å². The summed E-state index contributed by atoms with van der Waals surface area (Å²) in [7, 11) is 0. The first-order chi connectivity index (χ1) is 14.2. The van der Waals surface area contributed by atoms with E-state index in [9.17, 15) is 18.8 Å². The number of carbonyl (C=O) groups is 1. The first-order valence-electron chi connectivity index (χ1n) is 10.2. The van der Waals surface area contributed by atoms with E-state index in [2.05, 4.69) is 10.8 Å². The Labute approximate surface area is 175 Å². The van der Waals surface area contributed by atoms with E-state index in [1.807, 2.05) is 0 Å². The van der Waals surface area contributed by atoms with Gasteiger partial charge in [-0.25, -0.2) is 4.79 Å². The topological polar surface area (TPSA) is 71.8 Å². The molecule has 30 heavy (non-hydrogen) atoms. The molecule has 1 saturated carbocycles. The Morgan fingerprint density at radius 3 is 2.63 bits per heavy atom. The summed E-state index contributed by atoms with van der Waals surface area (Å²) in [5.74, 6) is 0.694. The van der Waals surface area contributed by atoms with Gasteiger partial charge in [-0.3, -0.25) is 0 Å². The molecule has 2 unspecified atom stereocenters. The third kappa shape index (κ3) is 5.97. The number of carbonyl (C=O) groups excluding carboxylic acids is 1. The van der Waals surface area contributed by atoms with E-state index in [-0.39, 0.29) is 29.9 Å². The zero-order chi connectivity index (χ0) is 21.9. The van der Waals surface area contributed by atoms with Gasteiger partial charge >= 0.3 is 12.7 Å². The summed E-state index contributed by atoms with van der Waals surface area (Å²) in [5, 5.41) is 9.17. The molecule has 2 fully saturated rings. The number of hydrogen-bond acceptors (Lipinski definition) is 5. The minimum absolute atomic E-state index is 0.00460. The van der Waals surface area contributed by atoms with E-state index in [0.29, 0.717) is 25.5 Å². The Morgan fingerprint density at radius 2 is 2.03 bits per heavy atom. The lowest BCUT2D eigenvalue weighted by Crippen LogP contribution is -2.39. The van der Waals surface area contributed by atoms with Crippen LogP contribution in [0.15, 0.2) is 18.2 Å². The molecule has 6 nitrogen and oxygen atoms in total. The molecular formula is C22H28F2N2O4. The summed E-state index contributed by atoms with van der Waals surface area (Å²) < 4.78 is 41.4. The number of nitrogens with zero attached hydrogens (tertiary/aromatic N) is 2. The quantitative estimate of drug-likeness (QED) is 0.613. The number of ether oxygens (including phenoxy) is 3. The van der Waals surface area contributed by atoms with Crippen molar-refractivity contribution in [3.63, 3.8) is 0 Å². The highest BCUT2D eigenvalue weighted by molar-refractivity contribution is 5.69. The lowest BCUT2D eigenvalue weighted by atomic mass is 9.95. The molecule has 1 heterocycles. The van der Waals surface area contributed by atoms with Crippen LogP contribution in [0.4, 0.5) is 13.6 Å². The van der Waals surface area contributed by atoms with E-state index in [1.165, 1.54) is 6.07 Å². The van der Waals surface area contributed by atoms with Gasteiger partial charge in [-0.1, -0.05) is 6.07 Å². The van der Waals surface area contributed by atoms with Crippen molar-refractivity contribution in [1.82, 2.24) is 4.90 Å². The normalized spacial score (nSPS) is 21.4. The fraction of sp³-hybridized carbons (Fsp3) is 0.636. The number of nitriles is 1. The number of benzene rings is 1. The molecule has 0 spiro atoms. The summed E-state index contributed by atoms with van der Waals surface area (Å²) in [6.45, 7) is 3.30. The number of alkyl halides is 2. The zero-order valence-electron chi connectivity index (χ0n) is 17.6. The van der Waals surface area contributed by atoms with Crippen LogP contribution >= 0.6 is 0 Å². The van der Waals surface area contributed by atoms with E-state index in [0.717, 1.165) is 18.4 Å². The maximum absolute atomic E-state index is 12.8. The van der Waals surface area contributed by atoms with Crippen molar-refractivity contribution in [2.24, 2.45) is 5.92 Å². The highest BCUT2D eigenvalue weighted by Gasteiger charge is 2.38. The molecule has 0 bridgehead atoms. The summed E-state index contributed by atoms with van der Waals surface area (Å²) >= 11 is 0.